The maximum atomic E-state index is 14.4. The van der Waals surface area contributed by atoms with Gasteiger partial charge in [0.15, 0.2) is 17.4 Å². The van der Waals surface area contributed by atoms with Crippen LogP contribution in [0.5, 0.6) is 11.5 Å². The summed E-state index contributed by atoms with van der Waals surface area (Å²) in [4.78, 5) is 17.9. The Balaban J connectivity index is 2.05. The number of nitrogen functional groups attached to an aromatic ring is 1. The Morgan fingerprint density at radius 2 is 1.97 bits per heavy atom. The number of aryl methyl sites for hydroxylation is 1. The fourth-order valence-corrected chi connectivity index (χ4v) is 4.87. The van der Waals surface area contributed by atoms with Crippen LogP contribution in [0.15, 0.2) is 30.5 Å². The first-order valence-corrected chi connectivity index (χ1v) is 15.8. The first-order valence-electron chi connectivity index (χ1n) is 12.3. The van der Waals surface area contributed by atoms with Crippen molar-refractivity contribution in [1.29, 1.82) is 5.26 Å². The molecule has 1 amide bonds. The van der Waals surface area contributed by atoms with Crippen molar-refractivity contribution in [2.75, 3.05) is 23.6 Å². The lowest BCUT2D eigenvalue weighted by Gasteiger charge is -2.37. The number of hydrogen-bond acceptors (Lipinski definition) is 7. The van der Waals surface area contributed by atoms with E-state index in [0.717, 1.165) is 0 Å². The van der Waals surface area contributed by atoms with Gasteiger partial charge in [0.05, 0.1) is 5.56 Å². The molecule has 0 radical (unpaired) electrons. The van der Waals surface area contributed by atoms with Crippen LogP contribution in [0, 0.1) is 17.1 Å². The van der Waals surface area contributed by atoms with Gasteiger partial charge in [-0.05, 0) is 49.3 Å². The molecule has 0 aliphatic rings. The second-order valence-electron chi connectivity index (χ2n) is 10.8. The molecule has 0 aliphatic carbocycles. The maximum absolute atomic E-state index is 14.4. The molecule has 0 saturated carbocycles. The highest BCUT2D eigenvalue weighted by Crippen LogP contribution is 2.41. The third kappa shape index (κ3) is 6.18. The molecule has 39 heavy (non-hydrogen) atoms. The number of hydrogen-bond donors (Lipinski definition) is 1. The van der Waals surface area contributed by atoms with Crippen molar-refractivity contribution < 1.29 is 18.3 Å². The lowest BCUT2D eigenvalue weighted by molar-refractivity contribution is -0.116. The molecule has 3 rings (SSSR count). The first-order chi connectivity index (χ1) is 18.1. The number of nitrogens with zero attached hydrogens (tertiary/aromatic N) is 5. The molecule has 0 aliphatic heterocycles. The third-order valence-corrected chi connectivity index (χ3v) is 11.6. The van der Waals surface area contributed by atoms with Gasteiger partial charge < -0.3 is 14.9 Å². The van der Waals surface area contributed by atoms with Gasteiger partial charge in [-0.2, -0.15) is 10.4 Å². The van der Waals surface area contributed by atoms with Crippen LogP contribution in [0.25, 0.3) is 11.1 Å². The summed E-state index contributed by atoms with van der Waals surface area (Å²) < 4.78 is 28.4. The van der Waals surface area contributed by atoms with Crippen molar-refractivity contribution in [3.63, 3.8) is 0 Å². The molecule has 2 aromatic heterocycles. The van der Waals surface area contributed by atoms with E-state index in [0.29, 0.717) is 22.4 Å². The molecule has 0 fully saturated rings. The van der Waals surface area contributed by atoms with Gasteiger partial charge in [-0.15, -0.1) is 11.6 Å². The van der Waals surface area contributed by atoms with E-state index in [1.165, 1.54) is 35.0 Å². The molecule has 1 unspecified atom stereocenters. The normalized spacial score (nSPS) is 12.5. The summed E-state index contributed by atoms with van der Waals surface area (Å²) in [5.74, 6) is 0.0207. The van der Waals surface area contributed by atoms with Gasteiger partial charge in [-0.1, -0.05) is 20.8 Å². The van der Waals surface area contributed by atoms with Crippen LogP contribution in [-0.4, -0.2) is 41.9 Å². The van der Waals surface area contributed by atoms with E-state index in [1.54, 1.807) is 26.1 Å². The van der Waals surface area contributed by atoms with Crippen LogP contribution in [0.3, 0.4) is 0 Å². The second kappa shape index (κ2) is 11.2. The zero-order valence-corrected chi connectivity index (χ0v) is 25.2. The zero-order valence-electron chi connectivity index (χ0n) is 23.5. The summed E-state index contributed by atoms with van der Waals surface area (Å²) >= 11 is 5.75. The van der Waals surface area contributed by atoms with Gasteiger partial charge in [0.25, 0.3) is 0 Å². The van der Waals surface area contributed by atoms with Gasteiger partial charge in [0.2, 0.25) is 14.2 Å². The Kier molecular flexibility index (Phi) is 8.62. The van der Waals surface area contributed by atoms with E-state index in [-0.39, 0.29) is 34.0 Å². The van der Waals surface area contributed by atoms with Crippen LogP contribution in [0.1, 0.15) is 45.1 Å². The summed E-state index contributed by atoms with van der Waals surface area (Å²) in [6, 6.07) is 8.11. The van der Waals surface area contributed by atoms with Crippen LogP contribution in [0.2, 0.25) is 18.1 Å². The highest BCUT2D eigenvalue weighted by Gasteiger charge is 2.39. The molecule has 3 aromatic rings. The zero-order chi connectivity index (χ0) is 29.3. The van der Waals surface area contributed by atoms with E-state index < -0.39 is 26.1 Å². The minimum absolute atomic E-state index is 0.0662. The number of nitrogens with two attached hydrogens (primary N) is 1. The summed E-state index contributed by atoms with van der Waals surface area (Å²) in [6.07, 6.45) is 0.811. The monoisotopic (exact) mass is 572 g/mol. The van der Waals surface area contributed by atoms with Crippen LogP contribution in [0.4, 0.5) is 16.0 Å². The first kappa shape index (κ1) is 29.9. The average molecular weight is 573 g/mol. The highest BCUT2D eigenvalue weighted by molar-refractivity contribution is 6.74. The van der Waals surface area contributed by atoms with Crippen LogP contribution < -0.4 is 19.8 Å². The molecular weight excluding hydrogens is 539 g/mol. The lowest BCUT2D eigenvalue weighted by atomic mass is 10.1. The van der Waals surface area contributed by atoms with E-state index >= 15 is 0 Å². The van der Waals surface area contributed by atoms with Gasteiger partial charge in [-0.25, -0.2) is 9.37 Å². The van der Waals surface area contributed by atoms with Crippen LogP contribution >= 0.6 is 11.6 Å². The number of rotatable bonds is 8. The molecule has 12 heteroatoms. The second-order valence-corrected chi connectivity index (χ2v) is 15.8. The summed E-state index contributed by atoms with van der Waals surface area (Å²) in [6.45, 7) is 12.4. The summed E-state index contributed by atoms with van der Waals surface area (Å²) in [5.41, 5.74) is 7.72. The smallest absolute Gasteiger partial charge is 0.250 e. The molecule has 0 saturated heterocycles. The number of carbonyl (C=O) groups is 1. The topological polar surface area (TPSA) is 119 Å². The maximum Gasteiger partial charge on any atom is 0.250 e. The van der Waals surface area contributed by atoms with E-state index in [4.69, 9.17) is 26.5 Å². The van der Waals surface area contributed by atoms with Crippen molar-refractivity contribution >= 4 is 37.5 Å². The standard InChI is InChI=1S/C27H34ClFN6O3Si/c1-16(19-12-18(29)9-10-21(19)38-39(7,8)27(2,3)4)37-22-11-17(15-32-25(22)31)24-20(14-30)35(6)33-26(24)34(5)23(36)13-28/h9-12,15-16H,13H2,1-8H3,(H2,31,32). The van der Waals surface area contributed by atoms with Crippen molar-refractivity contribution in [2.24, 2.45) is 7.05 Å². The molecule has 208 valence electrons. The summed E-state index contributed by atoms with van der Waals surface area (Å²) in [7, 11) is 0.893. The van der Waals surface area contributed by atoms with Crippen molar-refractivity contribution in [1.82, 2.24) is 14.8 Å². The molecular formula is C27H34ClFN6O3Si. The Labute approximate surface area is 234 Å². The number of pyridine rings is 1. The van der Waals surface area contributed by atoms with Crippen molar-refractivity contribution in [3.05, 3.63) is 47.5 Å². The Morgan fingerprint density at radius 1 is 1.31 bits per heavy atom. The number of benzene rings is 1. The molecule has 2 heterocycles. The molecule has 9 nitrogen and oxygen atoms in total. The number of nitriles is 1. The Morgan fingerprint density at radius 3 is 2.56 bits per heavy atom. The fourth-order valence-electron chi connectivity index (χ4n) is 3.64. The predicted octanol–water partition coefficient (Wildman–Crippen LogP) is 5.80. The van der Waals surface area contributed by atoms with E-state index in [2.05, 4.69) is 50.0 Å². The quantitative estimate of drug-likeness (QED) is 0.267. The van der Waals surface area contributed by atoms with E-state index in [9.17, 15) is 14.4 Å². The van der Waals surface area contributed by atoms with E-state index in [1.807, 2.05) is 0 Å². The lowest BCUT2D eigenvalue weighted by Crippen LogP contribution is -2.44. The number of carbonyl (C=O) groups excluding carboxylic acids is 1. The van der Waals surface area contributed by atoms with Gasteiger partial charge in [0.1, 0.15) is 35.3 Å². The van der Waals surface area contributed by atoms with Crippen molar-refractivity contribution in [2.45, 2.75) is 51.9 Å². The van der Waals surface area contributed by atoms with Gasteiger partial charge >= 0.3 is 0 Å². The highest BCUT2D eigenvalue weighted by atomic mass is 35.5. The number of anilines is 2. The minimum atomic E-state index is -2.23. The SMILES string of the molecule is CC(Oc1cc(-c2c(N(C)C(=O)CCl)nn(C)c2C#N)cnc1N)c1cc(F)ccc1O[Si](C)(C)C(C)(C)C. The van der Waals surface area contributed by atoms with Gasteiger partial charge in [0, 0.05) is 31.4 Å². The number of aromatic nitrogens is 3. The minimum Gasteiger partial charge on any atom is -0.543 e. The Hall–Kier alpha value is -3.62. The van der Waals surface area contributed by atoms with Crippen molar-refractivity contribution in [3.8, 4) is 28.7 Å². The summed E-state index contributed by atoms with van der Waals surface area (Å²) in [5, 5.41) is 14.1. The number of halogens is 2. The number of alkyl halides is 1. The Bertz CT molecular complexity index is 1430. The third-order valence-electron chi connectivity index (χ3n) is 7.00. The number of amides is 1. The molecule has 0 bridgehead atoms. The molecule has 2 N–H and O–H groups in total. The number of ether oxygens (including phenoxy) is 1. The van der Waals surface area contributed by atoms with Gasteiger partial charge in [-0.3, -0.25) is 14.4 Å². The molecule has 1 atom stereocenters. The van der Waals surface area contributed by atoms with Crippen LogP contribution in [-0.2, 0) is 11.8 Å². The fraction of sp³-hybridized carbons (Fsp3) is 0.407. The largest absolute Gasteiger partial charge is 0.543 e. The molecule has 1 aromatic carbocycles. The predicted molar refractivity (Wildman–Crippen MR) is 153 cm³/mol. The molecule has 0 spiro atoms. The average Bonchev–Trinajstić information content (AvgIpc) is 3.20.